The van der Waals surface area contributed by atoms with E-state index in [4.69, 9.17) is 9.47 Å². The summed E-state index contributed by atoms with van der Waals surface area (Å²) in [6, 6.07) is 8.43. The fourth-order valence-electron chi connectivity index (χ4n) is 5.80. The van der Waals surface area contributed by atoms with E-state index in [1.165, 1.54) is 24.0 Å². The second-order valence-corrected chi connectivity index (χ2v) is 11.0. The summed E-state index contributed by atoms with van der Waals surface area (Å²) in [5.41, 5.74) is 2.00. The summed E-state index contributed by atoms with van der Waals surface area (Å²) in [7, 11) is 0. The standard InChI is InChI=1S/C27H36N4O3/c1-26(2,3)34-25(32)30-24-21-11-7-4-8-19(21)16-27(24)12-14-31(15-13-27)22-17-29-23(18-28-22)33-20-9-5-6-10-20/h4,7-8,11,17-18,20,24H,5-6,9-10,12-16H2,1-3H3,(H,30,32)/t24-/m1/s1. The molecule has 1 atom stereocenters. The van der Waals surface area contributed by atoms with Gasteiger partial charge in [-0.1, -0.05) is 24.3 Å². The lowest BCUT2D eigenvalue weighted by atomic mass is 9.72. The minimum atomic E-state index is -0.523. The van der Waals surface area contributed by atoms with Gasteiger partial charge in [-0.2, -0.15) is 0 Å². The van der Waals surface area contributed by atoms with Gasteiger partial charge in [0.1, 0.15) is 17.5 Å². The van der Waals surface area contributed by atoms with Gasteiger partial charge in [0.25, 0.3) is 0 Å². The first kappa shape index (κ1) is 22.9. The number of benzene rings is 1. The molecule has 182 valence electrons. The maximum atomic E-state index is 12.7. The zero-order valence-corrected chi connectivity index (χ0v) is 20.5. The quantitative estimate of drug-likeness (QED) is 0.670. The van der Waals surface area contributed by atoms with Crippen molar-refractivity contribution >= 4 is 11.9 Å². The van der Waals surface area contributed by atoms with Crippen molar-refractivity contribution in [2.75, 3.05) is 18.0 Å². The molecule has 1 N–H and O–H groups in total. The summed E-state index contributed by atoms with van der Waals surface area (Å²) >= 11 is 0. The number of piperidine rings is 1. The lowest BCUT2D eigenvalue weighted by Gasteiger charge is -2.43. The minimum Gasteiger partial charge on any atom is -0.473 e. The van der Waals surface area contributed by atoms with Gasteiger partial charge in [0.15, 0.2) is 0 Å². The third-order valence-electron chi connectivity index (χ3n) is 7.47. The van der Waals surface area contributed by atoms with E-state index in [0.717, 1.165) is 51.0 Å². The Bertz CT molecular complexity index is 1000. The Kier molecular flexibility index (Phi) is 6.13. The molecule has 1 aromatic heterocycles. The fraction of sp³-hybridized carbons (Fsp3) is 0.593. The van der Waals surface area contributed by atoms with Crippen molar-refractivity contribution in [3.63, 3.8) is 0 Å². The molecule has 2 aliphatic carbocycles. The molecular weight excluding hydrogens is 428 g/mol. The molecule has 34 heavy (non-hydrogen) atoms. The van der Waals surface area contributed by atoms with Gasteiger partial charge in [-0.05, 0) is 76.8 Å². The number of hydrogen-bond acceptors (Lipinski definition) is 6. The molecule has 5 rings (SSSR count). The lowest BCUT2D eigenvalue weighted by molar-refractivity contribution is 0.0428. The second kappa shape index (κ2) is 9.08. The van der Waals surface area contributed by atoms with Crippen molar-refractivity contribution in [1.82, 2.24) is 15.3 Å². The number of amides is 1. The molecule has 1 amide bonds. The molecule has 0 unspecified atom stereocenters. The van der Waals surface area contributed by atoms with Crippen molar-refractivity contribution < 1.29 is 14.3 Å². The molecule has 0 bridgehead atoms. The summed E-state index contributed by atoms with van der Waals surface area (Å²) in [5, 5.41) is 3.22. The van der Waals surface area contributed by atoms with Crippen molar-refractivity contribution in [2.45, 2.75) is 83.5 Å². The molecule has 0 radical (unpaired) electrons. The predicted molar refractivity (Wildman–Crippen MR) is 131 cm³/mol. The zero-order chi connectivity index (χ0) is 23.8. The van der Waals surface area contributed by atoms with Gasteiger partial charge in [-0.25, -0.2) is 14.8 Å². The van der Waals surface area contributed by atoms with Crippen molar-refractivity contribution in [3.8, 4) is 5.88 Å². The highest BCUT2D eigenvalue weighted by atomic mass is 16.6. The number of ether oxygens (including phenoxy) is 2. The summed E-state index contributed by atoms with van der Waals surface area (Å²) in [6.07, 6.45) is 11.1. The summed E-state index contributed by atoms with van der Waals surface area (Å²) in [5.74, 6) is 1.51. The van der Waals surface area contributed by atoms with Gasteiger partial charge in [-0.15, -0.1) is 0 Å². The van der Waals surface area contributed by atoms with Crippen LogP contribution in [-0.2, 0) is 11.2 Å². The average molecular weight is 465 g/mol. The molecule has 2 fully saturated rings. The van der Waals surface area contributed by atoms with Crippen molar-refractivity contribution in [1.29, 1.82) is 0 Å². The topological polar surface area (TPSA) is 76.6 Å². The van der Waals surface area contributed by atoms with Crippen LogP contribution in [0.15, 0.2) is 36.7 Å². The van der Waals surface area contributed by atoms with Gasteiger partial charge >= 0.3 is 6.09 Å². The summed E-state index contributed by atoms with van der Waals surface area (Å²) < 4.78 is 11.6. The maximum Gasteiger partial charge on any atom is 0.408 e. The van der Waals surface area contributed by atoms with E-state index in [-0.39, 0.29) is 23.7 Å². The highest BCUT2D eigenvalue weighted by Crippen LogP contribution is 2.52. The van der Waals surface area contributed by atoms with Crippen LogP contribution in [0, 0.1) is 5.41 Å². The van der Waals surface area contributed by atoms with E-state index >= 15 is 0 Å². The first-order valence-corrected chi connectivity index (χ1v) is 12.6. The normalized spacial score (nSPS) is 22.0. The summed E-state index contributed by atoms with van der Waals surface area (Å²) in [4.78, 5) is 24.2. The molecule has 1 saturated carbocycles. The Balaban J connectivity index is 1.27. The zero-order valence-electron chi connectivity index (χ0n) is 20.5. The van der Waals surface area contributed by atoms with E-state index in [2.05, 4.69) is 44.5 Å². The Morgan fingerprint density at radius 3 is 2.50 bits per heavy atom. The number of nitrogens with one attached hydrogen (secondary N) is 1. The SMILES string of the molecule is CC(C)(C)OC(=O)N[C@@H]1c2ccccc2CC12CCN(c1cnc(OC3CCCC3)cn1)CC2. The summed E-state index contributed by atoms with van der Waals surface area (Å²) in [6.45, 7) is 7.44. The Morgan fingerprint density at radius 2 is 1.82 bits per heavy atom. The number of alkyl carbamates (subject to hydrolysis) is 1. The van der Waals surface area contributed by atoms with E-state index < -0.39 is 5.60 Å². The molecule has 2 heterocycles. The minimum absolute atomic E-state index is 0.0178. The Morgan fingerprint density at radius 1 is 1.09 bits per heavy atom. The number of fused-ring (bicyclic) bond motifs is 1. The number of hydrogen-bond donors (Lipinski definition) is 1. The van der Waals surface area contributed by atoms with Crippen LogP contribution < -0.4 is 15.0 Å². The van der Waals surface area contributed by atoms with Gasteiger partial charge in [0.2, 0.25) is 5.88 Å². The van der Waals surface area contributed by atoms with Gasteiger partial charge in [0.05, 0.1) is 18.4 Å². The third kappa shape index (κ3) is 4.84. The highest BCUT2D eigenvalue weighted by Gasteiger charge is 2.48. The molecule has 3 aliphatic rings. The molecule has 7 nitrogen and oxygen atoms in total. The monoisotopic (exact) mass is 464 g/mol. The van der Waals surface area contributed by atoms with Crippen LogP contribution >= 0.6 is 0 Å². The Hall–Kier alpha value is -2.83. The van der Waals surface area contributed by atoms with Crippen molar-refractivity contribution in [3.05, 3.63) is 47.8 Å². The van der Waals surface area contributed by atoms with E-state index in [0.29, 0.717) is 5.88 Å². The molecule has 2 aromatic rings. The highest BCUT2D eigenvalue weighted by molar-refractivity contribution is 5.69. The Labute approximate surface area is 202 Å². The van der Waals surface area contributed by atoms with E-state index in [1.54, 1.807) is 6.20 Å². The molecule has 1 aromatic carbocycles. The maximum absolute atomic E-state index is 12.7. The first-order chi connectivity index (χ1) is 16.3. The van der Waals surface area contributed by atoms with Crippen LogP contribution in [0.25, 0.3) is 0 Å². The van der Waals surface area contributed by atoms with Crippen LogP contribution in [-0.4, -0.2) is 40.9 Å². The van der Waals surface area contributed by atoms with Gasteiger partial charge < -0.3 is 19.7 Å². The van der Waals surface area contributed by atoms with Gasteiger partial charge in [0, 0.05) is 18.5 Å². The number of carbonyl (C=O) groups excluding carboxylic acids is 1. The van der Waals surface area contributed by atoms with E-state index in [1.807, 2.05) is 27.0 Å². The molecular formula is C27H36N4O3. The van der Waals surface area contributed by atoms with Crippen LogP contribution in [0.3, 0.4) is 0 Å². The fourth-order valence-corrected chi connectivity index (χ4v) is 5.80. The smallest absolute Gasteiger partial charge is 0.408 e. The van der Waals surface area contributed by atoms with Crippen LogP contribution in [0.2, 0.25) is 0 Å². The first-order valence-electron chi connectivity index (χ1n) is 12.6. The predicted octanol–water partition coefficient (Wildman–Crippen LogP) is 5.21. The van der Waals surface area contributed by atoms with Gasteiger partial charge in [-0.3, -0.25) is 0 Å². The number of rotatable bonds is 4. The number of carbonyl (C=O) groups is 1. The molecule has 1 spiro atoms. The number of anilines is 1. The number of nitrogens with zero attached hydrogens (tertiary/aromatic N) is 3. The largest absolute Gasteiger partial charge is 0.473 e. The van der Waals surface area contributed by atoms with Crippen LogP contribution in [0.5, 0.6) is 5.88 Å². The number of aromatic nitrogens is 2. The van der Waals surface area contributed by atoms with E-state index in [9.17, 15) is 4.79 Å². The second-order valence-electron chi connectivity index (χ2n) is 11.0. The third-order valence-corrected chi connectivity index (χ3v) is 7.47. The molecule has 1 aliphatic heterocycles. The average Bonchev–Trinajstić information content (AvgIpc) is 3.40. The lowest BCUT2D eigenvalue weighted by Crippen LogP contribution is -2.47. The molecule has 1 saturated heterocycles. The molecule has 7 heteroatoms. The van der Waals surface area contributed by atoms with Crippen LogP contribution in [0.4, 0.5) is 10.6 Å². The van der Waals surface area contributed by atoms with Crippen molar-refractivity contribution in [2.24, 2.45) is 5.41 Å². The van der Waals surface area contributed by atoms with Crippen LogP contribution in [0.1, 0.15) is 76.5 Å².